The number of aromatic amines is 2. The molecule has 0 bridgehead atoms. The summed E-state index contributed by atoms with van der Waals surface area (Å²) in [5.74, 6) is 0. The molecule has 0 amide bonds. The van der Waals surface area contributed by atoms with E-state index in [-0.39, 0.29) is 5.56 Å². The van der Waals surface area contributed by atoms with E-state index in [0.717, 1.165) is 20.8 Å². The highest BCUT2D eigenvalue weighted by Gasteiger charge is 2.11. The minimum atomic E-state index is -0.496. The molecule has 0 saturated carbocycles. The highest BCUT2D eigenvalue weighted by atomic mass is 32.1. The van der Waals surface area contributed by atoms with Crippen molar-refractivity contribution in [3.63, 3.8) is 0 Å². The Morgan fingerprint density at radius 2 is 2.00 bits per heavy atom. The van der Waals surface area contributed by atoms with E-state index in [0.29, 0.717) is 10.2 Å². The van der Waals surface area contributed by atoms with Crippen LogP contribution in [0.25, 0.3) is 31.0 Å². The lowest BCUT2D eigenvalue weighted by atomic mass is 10.2. The standard InChI is InChI=1S/C13H7N3O2S2/c17-11-10-9(15-13(18)16-11)6-3-4-7(14-12(6)20-10)8-2-1-5-19-8/h1-5H,(H2,15,16,17,18). The Bertz CT molecular complexity index is 1040. The van der Waals surface area contributed by atoms with Crippen molar-refractivity contribution < 1.29 is 0 Å². The molecule has 0 atom stereocenters. The molecule has 2 N–H and O–H groups in total. The highest BCUT2D eigenvalue weighted by Crippen LogP contribution is 2.31. The zero-order valence-electron chi connectivity index (χ0n) is 9.97. The molecule has 0 aliphatic carbocycles. The minimum absolute atomic E-state index is 0.371. The fourth-order valence-electron chi connectivity index (χ4n) is 2.13. The Kier molecular flexibility index (Phi) is 2.38. The van der Waals surface area contributed by atoms with E-state index in [1.165, 1.54) is 11.3 Å². The van der Waals surface area contributed by atoms with Gasteiger partial charge in [-0.3, -0.25) is 9.78 Å². The van der Waals surface area contributed by atoms with Gasteiger partial charge >= 0.3 is 5.69 Å². The van der Waals surface area contributed by atoms with Gasteiger partial charge in [-0.2, -0.15) is 0 Å². The topological polar surface area (TPSA) is 78.6 Å². The van der Waals surface area contributed by atoms with E-state index in [1.54, 1.807) is 11.3 Å². The van der Waals surface area contributed by atoms with Crippen LogP contribution >= 0.6 is 22.7 Å². The molecule has 0 radical (unpaired) electrons. The number of thiophene rings is 2. The monoisotopic (exact) mass is 301 g/mol. The zero-order valence-corrected chi connectivity index (χ0v) is 11.6. The first kappa shape index (κ1) is 11.6. The van der Waals surface area contributed by atoms with Gasteiger partial charge in [-0.1, -0.05) is 6.07 Å². The quantitative estimate of drug-likeness (QED) is 0.567. The summed E-state index contributed by atoms with van der Waals surface area (Å²) in [5, 5.41) is 2.79. The van der Waals surface area contributed by atoms with E-state index < -0.39 is 5.69 Å². The summed E-state index contributed by atoms with van der Waals surface area (Å²) in [6.07, 6.45) is 0. The fraction of sp³-hybridized carbons (Fsp3) is 0. The van der Waals surface area contributed by atoms with E-state index >= 15 is 0 Å². The maximum absolute atomic E-state index is 11.8. The number of hydrogen-bond acceptors (Lipinski definition) is 5. The number of rotatable bonds is 1. The molecule has 0 aliphatic rings. The van der Waals surface area contributed by atoms with Gasteiger partial charge in [0, 0.05) is 5.39 Å². The van der Waals surface area contributed by atoms with Crippen molar-refractivity contribution in [3.8, 4) is 10.6 Å². The molecule has 20 heavy (non-hydrogen) atoms. The average Bonchev–Trinajstić information content (AvgIpc) is 3.05. The Morgan fingerprint density at radius 1 is 1.10 bits per heavy atom. The van der Waals surface area contributed by atoms with Crippen LogP contribution in [-0.2, 0) is 0 Å². The molecule has 4 rings (SSSR count). The highest BCUT2D eigenvalue weighted by molar-refractivity contribution is 7.25. The van der Waals surface area contributed by atoms with Gasteiger partial charge < -0.3 is 4.98 Å². The molecule has 4 aromatic heterocycles. The Hall–Kier alpha value is -2.25. The predicted molar refractivity (Wildman–Crippen MR) is 81.7 cm³/mol. The third kappa shape index (κ3) is 1.64. The SMILES string of the molecule is O=c1[nH]c(=O)c2sc3nc(-c4cccs4)ccc3c2[nH]1. The van der Waals surface area contributed by atoms with Crippen LogP contribution in [0.4, 0.5) is 0 Å². The van der Waals surface area contributed by atoms with Gasteiger partial charge in [0.2, 0.25) is 0 Å². The van der Waals surface area contributed by atoms with Gasteiger partial charge in [-0.25, -0.2) is 9.78 Å². The molecule has 0 saturated heterocycles. The van der Waals surface area contributed by atoms with E-state index in [9.17, 15) is 9.59 Å². The molecule has 0 aliphatic heterocycles. The summed E-state index contributed by atoms with van der Waals surface area (Å²) >= 11 is 2.90. The maximum Gasteiger partial charge on any atom is 0.326 e. The van der Waals surface area contributed by atoms with Crippen LogP contribution in [0, 0.1) is 0 Å². The lowest BCUT2D eigenvalue weighted by Gasteiger charge is -1.96. The zero-order chi connectivity index (χ0) is 13.7. The van der Waals surface area contributed by atoms with Gasteiger partial charge in [0.1, 0.15) is 9.53 Å². The first-order valence-electron chi connectivity index (χ1n) is 5.82. The summed E-state index contributed by atoms with van der Waals surface area (Å²) in [6, 6.07) is 7.77. The van der Waals surface area contributed by atoms with Crippen LogP contribution < -0.4 is 11.2 Å². The van der Waals surface area contributed by atoms with Crippen molar-refractivity contribution >= 4 is 43.1 Å². The summed E-state index contributed by atoms with van der Waals surface area (Å²) < 4.78 is 0.496. The number of hydrogen-bond donors (Lipinski definition) is 2. The second-order valence-corrected chi connectivity index (χ2v) is 6.19. The molecular formula is C13H7N3O2S2. The maximum atomic E-state index is 11.8. The predicted octanol–water partition coefficient (Wildman–Crippen LogP) is 2.55. The number of pyridine rings is 1. The molecule has 5 nitrogen and oxygen atoms in total. The van der Waals surface area contributed by atoms with Gasteiger partial charge in [-0.05, 0) is 23.6 Å². The van der Waals surface area contributed by atoms with E-state index in [2.05, 4.69) is 15.0 Å². The van der Waals surface area contributed by atoms with Crippen molar-refractivity contribution in [3.05, 3.63) is 50.5 Å². The van der Waals surface area contributed by atoms with Crippen molar-refractivity contribution in [2.24, 2.45) is 0 Å². The lowest BCUT2D eigenvalue weighted by molar-refractivity contribution is 1.09. The van der Waals surface area contributed by atoms with Crippen molar-refractivity contribution in [1.82, 2.24) is 15.0 Å². The molecule has 7 heteroatoms. The van der Waals surface area contributed by atoms with Crippen LogP contribution in [-0.4, -0.2) is 15.0 Å². The molecule has 0 spiro atoms. The minimum Gasteiger partial charge on any atom is -0.305 e. The average molecular weight is 301 g/mol. The molecule has 0 unspecified atom stereocenters. The van der Waals surface area contributed by atoms with Crippen LogP contribution in [0.2, 0.25) is 0 Å². The van der Waals surface area contributed by atoms with E-state index in [1.807, 2.05) is 29.6 Å². The van der Waals surface area contributed by atoms with Gasteiger partial charge in [0.25, 0.3) is 5.56 Å². The van der Waals surface area contributed by atoms with Crippen LogP contribution in [0.3, 0.4) is 0 Å². The van der Waals surface area contributed by atoms with Crippen LogP contribution in [0.15, 0.2) is 39.2 Å². The Labute approximate surface area is 119 Å². The number of fused-ring (bicyclic) bond motifs is 3. The number of H-pyrrole nitrogens is 2. The number of aromatic nitrogens is 3. The number of nitrogens with one attached hydrogen (secondary N) is 2. The first-order chi connectivity index (χ1) is 9.72. The molecule has 4 heterocycles. The van der Waals surface area contributed by atoms with Crippen molar-refractivity contribution in [2.75, 3.05) is 0 Å². The smallest absolute Gasteiger partial charge is 0.305 e. The fourth-order valence-corrected chi connectivity index (χ4v) is 3.85. The molecule has 98 valence electrons. The van der Waals surface area contributed by atoms with Crippen molar-refractivity contribution in [1.29, 1.82) is 0 Å². The van der Waals surface area contributed by atoms with Gasteiger partial charge in [-0.15, -0.1) is 22.7 Å². The summed E-state index contributed by atoms with van der Waals surface area (Å²) in [5.41, 5.74) is 0.566. The molecule has 4 aromatic rings. The van der Waals surface area contributed by atoms with Crippen molar-refractivity contribution in [2.45, 2.75) is 0 Å². The van der Waals surface area contributed by atoms with Crippen LogP contribution in [0.1, 0.15) is 0 Å². The summed E-state index contributed by atoms with van der Waals surface area (Å²) in [7, 11) is 0. The summed E-state index contributed by atoms with van der Waals surface area (Å²) in [4.78, 5) is 34.5. The largest absolute Gasteiger partial charge is 0.326 e. The van der Waals surface area contributed by atoms with E-state index in [4.69, 9.17) is 0 Å². The lowest BCUT2D eigenvalue weighted by Crippen LogP contribution is -2.20. The molecule has 0 fully saturated rings. The third-order valence-corrected chi connectivity index (χ3v) is 4.99. The van der Waals surface area contributed by atoms with Crippen LogP contribution in [0.5, 0.6) is 0 Å². The first-order valence-corrected chi connectivity index (χ1v) is 7.52. The Balaban J connectivity index is 2.10. The summed E-state index contributed by atoms with van der Waals surface area (Å²) in [6.45, 7) is 0. The Morgan fingerprint density at radius 3 is 2.80 bits per heavy atom. The number of nitrogens with zero attached hydrogens (tertiary/aromatic N) is 1. The van der Waals surface area contributed by atoms with Gasteiger partial charge in [0.05, 0.1) is 16.1 Å². The normalized spacial score (nSPS) is 11.4. The second kappa shape index (κ2) is 4.12. The molecule has 0 aromatic carbocycles. The third-order valence-electron chi connectivity index (χ3n) is 3.00. The second-order valence-electron chi connectivity index (χ2n) is 4.24. The molecular weight excluding hydrogens is 294 g/mol. The van der Waals surface area contributed by atoms with Gasteiger partial charge in [0.15, 0.2) is 0 Å².